The molecule has 2 heterocycles. The van der Waals surface area contributed by atoms with Crippen LogP contribution in [-0.2, 0) is 4.79 Å². The van der Waals surface area contributed by atoms with Gasteiger partial charge < -0.3 is 5.32 Å². The number of carbonyl (C=O) groups excluding carboxylic acids is 1. The van der Waals surface area contributed by atoms with Crippen LogP contribution >= 0.6 is 0 Å². The fourth-order valence-corrected chi connectivity index (χ4v) is 4.05. The van der Waals surface area contributed by atoms with Crippen LogP contribution in [0, 0.1) is 5.92 Å². The molecule has 0 bridgehead atoms. The molecule has 3 rings (SSSR count). The van der Waals surface area contributed by atoms with E-state index in [-0.39, 0.29) is 11.4 Å². The molecule has 0 aromatic carbocycles. The number of rotatable bonds is 3. The van der Waals surface area contributed by atoms with Crippen molar-refractivity contribution in [3.63, 3.8) is 0 Å². The van der Waals surface area contributed by atoms with Crippen LogP contribution in [0.4, 0.5) is 0 Å². The molecule has 116 valence electrons. The van der Waals surface area contributed by atoms with Gasteiger partial charge in [-0.05, 0) is 51.4 Å². The van der Waals surface area contributed by atoms with Gasteiger partial charge in [0.15, 0.2) is 0 Å². The van der Waals surface area contributed by atoms with E-state index in [0.29, 0.717) is 5.92 Å². The first kappa shape index (κ1) is 14.8. The predicted octanol–water partition coefficient (Wildman–Crippen LogP) is 3.03. The smallest absolute Gasteiger partial charge is 0.220 e. The summed E-state index contributed by atoms with van der Waals surface area (Å²) in [6, 6.07) is 0. The van der Waals surface area contributed by atoms with Crippen molar-refractivity contribution in [2.75, 3.05) is 19.6 Å². The lowest BCUT2D eigenvalue weighted by atomic mass is 9.84. The molecular formula is C18H28N2O. The summed E-state index contributed by atoms with van der Waals surface area (Å²) in [7, 11) is 0. The average Bonchev–Trinajstić information content (AvgIpc) is 2.83. The van der Waals surface area contributed by atoms with Crippen molar-refractivity contribution in [1.82, 2.24) is 10.2 Å². The summed E-state index contributed by atoms with van der Waals surface area (Å²) in [4.78, 5) is 14.0. The Morgan fingerprint density at radius 3 is 2.67 bits per heavy atom. The first-order valence-electron chi connectivity index (χ1n) is 8.43. The van der Waals surface area contributed by atoms with Crippen molar-refractivity contribution >= 4 is 5.91 Å². The molecule has 1 spiro atoms. The minimum absolute atomic E-state index is 0.138. The van der Waals surface area contributed by atoms with Crippen LogP contribution in [0.2, 0.25) is 0 Å². The SMILES string of the molecule is C=C(C)[C@@H]1CC=C(CN2CCC3(CCC(=O)N3)CC2)CC1. The van der Waals surface area contributed by atoms with Gasteiger partial charge in [-0.25, -0.2) is 0 Å². The second-order valence-corrected chi connectivity index (χ2v) is 7.28. The number of carbonyl (C=O) groups is 1. The van der Waals surface area contributed by atoms with Gasteiger partial charge >= 0.3 is 0 Å². The highest BCUT2D eigenvalue weighted by atomic mass is 16.2. The van der Waals surface area contributed by atoms with Gasteiger partial charge in [-0.15, -0.1) is 0 Å². The van der Waals surface area contributed by atoms with Crippen LogP contribution < -0.4 is 5.32 Å². The van der Waals surface area contributed by atoms with Gasteiger partial charge in [-0.3, -0.25) is 9.69 Å². The Balaban J connectivity index is 1.48. The van der Waals surface area contributed by atoms with Gasteiger partial charge in [-0.2, -0.15) is 0 Å². The predicted molar refractivity (Wildman–Crippen MR) is 86.0 cm³/mol. The largest absolute Gasteiger partial charge is 0.351 e. The Labute approximate surface area is 128 Å². The van der Waals surface area contributed by atoms with Crippen LogP contribution in [0.15, 0.2) is 23.8 Å². The number of allylic oxidation sites excluding steroid dienone is 2. The summed E-state index contributed by atoms with van der Waals surface area (Å²) in [5.74, 6) is 0.955. The van der Waals surface area contributed by atoms with E-state index in [1.165, 1.54) is 24.8 Å². The summed E-state index contributed by atoms with van der Waals surface area (Å²) in [5, 5.41) is 3.22. The van der Waals surface area contributed by atoms with E-state index in [2.05, 4.69) is 29.8 Å². The van der Waals surface area contributed by atoms with Gasteiger partial charge in [0.1, 0.15) is 0 Å². The average molecular weight is 288 g/mol. The van der Waals surface area contributed by atoms with Gasteiger partial charge in [0.05, 0.1) is 0 Å². The van der Waals surface area contributed by atoms with Crippen LogP contribution in [0.5, 0.6) is 0 Å². The molecule has 2 saturated heterocycles. The molecule has 2 aliphatic heterocycles. The summed E-state index contributed by atoms with van der Waals surface area (Å²) >= 11 is 0. The summed E-state index contributed by atoms with van der Waals surface area (Å²) < 4.78 is 0. The lowest BCUT2D eigenvalue weighted by molar-refractivity contribution is -0.120. The van der Waals surface area contributed by atoms with Crippen molar-refractivity contribution in [2.45, 2.75) is 57.4 Å². The van der Waals surface area contributed by atoms with Crippen LogP contribution in [0.25, 0.3) is 0 Å². The number of amides is 1. The molecule has 1 atom stereocenters. The van der Waals surface area contributed by atoms with Crippen LogP contribution in [-0.4, -0.2) is 36.0 Å². The third-order valence-corrected chi connectivity index (χ3v) is 5.68. The minimum atomic E-state index is 0.138. The van der Waals surface area contributed by atoms with E-state index in [1.807, 2.05) is 0 Å². The van der Waals surface area contributed by atoms with Gasteiger partial charge in [-0.1, -0.05) is 23.8 Å². The second kappa shape index (κ2) is 5.96. The molecule has 2 fully saturated rings. The Bertz CT molecular complexity index is 458. The Hall–Kier alpha value is -1.09. The zero-order valence-corrected chi connectivity index (χ0v) is 13.3. The molecule has 0 aromatic heterocycles. The maximum Gasteiger partial charge on any atom is 0.220 e. The zero-order valence-electron chi connectivity index (χ0n) is 13.3. The Morgan fingerprint density at radius 1 is 1.38 bits per heavy atom. The molecule has 3 nitrogen and oxygen atoms in total. The molecule has 0 saturated carbocycles. The maximum atomic E-state index is 11.5. The molecule has 3 aliphatic rings. The fourth-order valence-electron chi connectivity index (χ4n) is 4.05. The van der Waals surface area contributed by atoms with Crippen LogP contribution in [0.1, 0.15) is 51.9 Å². The molecular weight excluding hydrogens is 260 g/mol. The minimum Gasteiger partial charge on any atom is -0.351 e. The number of nitrogens with zero attached hydrogens (tertiary/aromatic N) is 1. The highest BCUT2D eigenvalue weighted by Crippen LogP contribution is 2.33. The van der Waals surface area contributed by atoms with E-state index in [1.54, 1.807) is 5.57 Å². The van der Waals surface area contributed by atoms with E-state index < -0.39 is 0 Å². The summed E-state index contributed by atoms with van der Waals surface area (Å²) in [6.45, 7) is 9.63. The van der Waals surface area contributed by atoms with Gasteiger partial charge in [0.25, 0.3) is 0 Å². The molecule has 1 N–H and O–H groups in total. The molecule has 3 heteroatoms. The monoisotopic (exact) mass is 288 g/mol. The highest BCUT2D eigenvalue weighted by molar-refractivity contribution is 5.79. The van der Waals surface area contributed by atoms with Crippen molar-refractivity contribution in [2.24, 2.45) is 5.92 Å². The molecule has 0 unspecified atom stereocenters. The summed E-state index contributed by atoms with van der Waals surface area (Å²) in [6.07, 6.45) is 10.2. The lowest BCUT2D eigenvalue weighted by Gasteiger charge is -2.40. The molecule has 1 amide bonds. The van der Waals surface area contributed by atoms with Crippen molar-refractivity contribution in [3.8, 4) is 0 Å². The molecule has 0 aromatic rings. The fraction of sp³-hybridized carbons (Fsp3) is 0.722. The van der Waals surface area contributed by atoms with Crippen molar-refractivity contribution < 1.29 is 4.79 Å². The van der Waals surface area contributed by atoms with Crippen molar-refractivity contribution in [1.29, 1.82) is 0 Å². The zero-order chi connectivity index (χ0) is 14.9. The van der Waals surface area contributed by atoms with Gasteiger partial charge in [0.2, 0.25) is 5.91 Å². The van der Waals surface area contributed by atoms with Crippen LogP contribution in [0.3, 0.4) is 0 Å². The third kappa shape index (κ3) is 3.39. The van der Waals surface area contributed by atoms with E-state index in [9.17, 15) is 4.79 Å². The maximum absolute atomic E-state index is 11.5. The third-order valence-electron chi connectivity index (χ3n) is 5.68. The topological polar surface area (TPSA) is 32.3 Å². The normalized spacial score (nSPS) is 29.3. The first-order valence-corrected chi connectivity index (χ1v) is 8.43. The molecule has 1 aliphatic carbocycles. The van der Waals surface area contributed by atoms with Gasteiger partial charge in [0, 0.05) is 31.6 Å². The summed E-state index contributed by atoms with van der Waals surface area (Å²) in [5.41, 5.74) is 3.08. The molecule has 0 radical (unpaired) electrons. The first-order chi connectivity index (χ1) is 10.1. The number of hydrogen-bond acceptors (Lipinski definition) is 2. The van der Waals surface area contributed by atoms with E-state index in [0.717, 1.165) is 45.3 Å². The number of hydrogen-bond donors (Lipinski definition) is 1. The van der Waals surface area contributed by atoms with Crippen molar-refractivity contribution in [3.05, 3.63) is 23.8 Å². The lowest BCUT2D eigenvalue weighted by Crippen LogP contribution is -2.51. The number of piperidine rings is 1. The standard InChI is InChI=1S/C18H28N2O/c1-14(2)16-5-3-15(4-6-16)13-20-11-9-18(10-12-20)8-7-17(21)19-18/h3,16H,1,4-13H2,2H3,(H,19,21)/t16-/m1/s1. The Morgan fingerprint density at radius 2 is 2.14 bits per heavy atom. The Kier molecular flexibility index (Phi) is 4.21. The quantitative estimate of drug-likeness (QED) is 0.810. The number of nitrogens with one attached hydrogen (secondary N) is 1. The van der Waals surface area contributed by atoms with E-state index >= 15 is 0 Å². The molecule has 21 heavy (non-hydrogen) atoms. The second-order valence-electron chi connectivity index (χ2n) is 7.28. The van der Waals surface area contributed by atoms with E-state index in [4.69, 9.17) is 0 Å². The highest BCUT2D eigenvalue weighted by Gasteiger charge is 2.40. The number of likely N-dealkylation sites (tertiary alicyclic amines) is 1.